The molecular weight excluding hydrogens is 472 g/mol. The highest BCUT2D eigenvalue weighted by Crippen LogP contribution is 2.25. The molecule has 0 fully saturated rings. The number of aryl methyl sites for hydroxylation is 3. The summed E-state index contributed by atoms with van der Waals surface area (Å²) in [6.07, 6.45) is 0.521. The fraction of sp³-hybridized carbons (Fsp3) is 0.318. The number of rotatable bonds is 8. The Kier molecular flexibility index (Phi) is 8.87. The minimum absolute atomic E-state index is 0.0475. The van der Waals surface area contributed by atoms with E-state index >= 15 is 0 Å². The molecule has 0 aromatic heterocycles. The van der Waals surface area contributed by atoms with Crippen molar-refractivity contribution in [2.24, 2.45) is 0 Å². The van der Waals surface area contributed by atoms with Gasteiger partial charge in [0.25, 0.3) is 5.91 Å². The van der Waals surface area contributed by atoms with Crippen LogP contribution in [0.15, 0.2) is 34.8 Å². The van der Waals surface area contributed by atoms with E-state index in [0.29, 0.717) is 22.8 Å². The molecule has 30 heavy (non-hydrogen) atoms. The monoisotopic (exact) mass is 494 g/mol. The Morgan fingerprint density at radius 1 is 0.900 bits per heavy atom. The molecule has 0 aliphatic heterocycles. The number of halogens is 2. The molecule has 6 nitrogen and oxygen atoms in total. The van der Waals surface area contributed by atoms with Crippen molar-refractivity contribution >= 4 is 56.7 Å². The zero-order valence-corrected chi connectivity index (χ0v) is 19.4. The largest absolute Gasteiger partial charge is 0.456 e. The zero-order valence-electron chi connectivity index (χ0n) is 17.1. The van der Waals surface area contributed by atoms with Gasteiger partial charge in [-0.2, -0.15) is 0 Å². The second-order valence-electron chi connectivity index (χ2n) is 7.00. The molecule has 0 bridgehead atoms. The van der Waals surface area contributed by atoms with E-state index in [1.165, 1.54) is 0 Å². The van der Waals surface area contributed by atoms with Gasteiger partial charge in [-0.3, -0.25) is 14.4 Å². The van der Waals surface area contributed by atoms with Crippen LogP contribution in [0.3, 0.4) is 0 Å². The molecule has 0 saturated carbocycles. The number of benzene rings is 2. The molecule has 2 N–H and O–H groups in total. The lowest BCUT2D eigenvalue weighted by atomic mass is 10.1. The highest BCUT2D eigenvalue weighted by Gasteiger charge is 2.11. The first-order valence-corrected chi connectivity index (χ1v) is 10.6. The molecule has 0 radical (unpaired) electrons. The van der Waals surface area contributed by atoms with E-state index in [1.807, 2.05) is 39.0 Å². The van der Waals surface area contributed by atoms with Crippen molar-refractivity contribution in [3.8, 4) is 0 Å². The Labute approximate surface area is 189 Å². The van der Waals surface area contributed by atoms with Gasteiger partial charge in [0.15, 0.2) is 6.61 Å². The van der Waals surface area contributed by atoms with Crippen molar-refractivity contribution in [2.45, 2.75) is 40.0 Å². The summed E-state index contributed by atoms with van der Waals surface area (Å²) in [5, 5.41) is 6.01. The van der Waals surface area contributed by atoms with Gasteiger partial charge in [-0.25, -0.2) is 0 Å². The van der Waals surface area contributed by atoms with Crippen molar-refractivity contribution in [2.75, 3.05) is 17.2 Å². The molecule has 2 aromatic carbocycles. The molecule has 2 aromatic rings. The lowest BCUT2D eigenvalue weighted by Gasteiger charge is -2.10. The fourth-order valence-corrected chi connectivity index (χ4v) is 3.13. The van der Waals surface area contributed by atoms with Crippen LogP contribution >= 0.6 is 27.5 Å². The van der Waals surface area contributed by atoms with Gasteiger partial charge in [-0.15, -0.1) is 0 Å². The van der Waals surface area contributed by atoms with Crippen molar-refractivity contribution in [1.29, 1.82) is 0 Å². The van der Waals surface area contributed by atoms with Gasteiger partial charge in [0.1, 0.15) is 0 Å². The maximum atomic E-state index is 12.0. The van der Waals surface area contributed by atoms with Crippen LogP contribution in [0.4, 0.5) is 11.4 Å². The minimum Gasteiger partial charge on any atom is -0.456 e. The minimum atomic E-state index is -0.528. The normalized spacial score (nSPS) is 10.4. The summed E-state index contributed by atoms with van der Waals surface area (Å²) in [6, 6.07) is 8.92. The summed E-state index contributed by atoms with van der Waals surface area (Å²) in [5.41, 5.74) is 4.16. The molecule has 2 amide bonds. The summed E-state index contributed by atoms with van der Waals surface area (Å²) >= 11 is 9.50. The number of anilines is 2. The molecule has 0 spiro atoms. The second-order valence-corrected chi connectivity index (χ2v) is 8.20. The predicted octanol–water partition coefficient (Wildman–Crippen LogP) is 5.32. The number of carbonyl (C=O) groups is 3. The first-order chi connectivity index (χ1) is 14.2. The van der Waals surface area contributed by atoms with Gasteiger partial charge in [-0.05, 0) is 68.1 Å². The molecule has 160 valence electrons. The first kappa shape index (κ1) is 23.9. The van der Waals surface area contributed by atoms with Gasteiger partial charge in [-0.1, -0.05) is 33.6 Å². The van der Waals surface area contributed by atoms with Gasteiger partial charge < -0.3 is 15.4 Å². The van der Waals surface area contributed by atoms with Gasteiger partial charge >= 0.3 is 5.97 Å². The standard InChI is InChI=1S/C22H24BrClN2O4/c1-13-7-8-16(11-18(13)24)25-19(27)5-4-6-21(29)30-12-20(28)26-17-9-14(2)22(23)15(3)10-17/h7-11H,4-6,12H2,1-3H3,(H,25,27)(H,26,28). The van der Waals surface area contributed by atoms with E-state index in [-0.39, 0.29) is 25.4 Å². The maximum Gasteiger partial charge on any atom is 0.306 e. The Morgan fingerprint density at radius 3 is 2.17 bits per heavy atom. The van der Waals surface area contributed by atoms with Gasteiger partial charge in [0.05, 0.1) is 0 Å². The molecular formula is C22H24BrClN2O4. The highest BCUT2D eigenvalue weighted by molar-refractivity contribution is 9.10. The summed E-state index contributed by atoms with van der Waals surface area (Å²) < 4.78 is 5.97. The lowest BCUT2D eigenvalue weighted by Crippen LogP contribution is -2.21. The van der Waals surface area contributed by atoms with E-state index in [0.717, 1.165) is 21.2 Å². The van der Waals surface area contributed by atoms with Crippen molar-refractivity contribution in [1.82, 2.24) is 0 Å². The van der Waals surface area contributed by atoms with E-state index < -0.39 is 11.9 Å². The molecule has 0 aliphatic rings. The number of hydrogen-bond acceptors (Lipinski definition) is 4. The molecule has 0 aliphatic carbocycles. The molecule has 0 atom stereocenters. The van der Waals surface area contributed by atoms with Crippen LogP contribution in [0.1, 0.15) is 36.0 Å². The van der Waals surface area contributed by atoms with E-state index in [1.54, 1.807) is 12.1 Å². The molecule has 0 saturated heterocycles. The summed E-state index contributed by atoms with van der Waals surface area (Å²) in [7, 11) is 0. The van der Waals surface area contributed by atoms with Crippen LogP contribution in [-0.4, -0.2) is 24.4 Å². The Balaban J connectivity index is 1.68. The SMILES string of the molecule is Cc1ccc(NC(=O)CCCC(=O)OCC(=O)Nc2cc(C)c(Br)c(C)c2)cc1Cl. The predicted molar refractivity (Wildman–Crippen MR) is 122 cm³/mol. The highest BCUT2D eigenvalue weighted by atomic mass is 79.9. The number of esters is 1. The second kappa shape index (κ2) is 11.1. The van der Waals surface area contributed by atoms with E-state index in [4.69, 9.17) is 16.3 Å². The molecule has 8 heteroatoms. The van der Waals surface area contributed by atoms with E-state index in [2.05, 4.69) is 26.6 Å². The molecule has 0 heterocycles. The Morgan fingerprint density at radius 2 is 1.53 bits per heavy atom. The molecule has 0 unspecified atom stereocenters. The summed E-state index contributed by atoms with van der Waals surface area (Å²) in [6.45, 7) is 5.36. The quantitative estimate of drug-likeness (QED) is 0.486. The van der Waals surface area contributed by atoms with Gasteiger partial charge in [0, 0.05) is 33.7 Å². The Hall–Kier alpha value is -2.38. The Bertz CT molecular complexity index is 939. The third-order valence-electron chi connectivity index (χ3n) is 4.32. The van der Waals surface area contributed by atoms with Crippen LogP contribution in [0.2, 0.25) is 5.02 Å². The van der Waals surface area contributed by atoms with Gasteiger partial charge in [0.2, 0.25) is 5.91 Å². The number of hydrogen-bond donors (Lipinski definition) is 2. The summed E-state index contributed by atoms with van der Waals surface area (Å²) in [5.74, 6) is -1.17. The van der Waals surface area contributed by atoms with E-state index in [9.17, 15) is 14.4 Å². The average Bonchev–Trinajstić information content (AvgIpc) is 2.67. The van der Waals surface area contributed by atoms with Crippen LogP contribution in [0.5, 0.6) is 0 Å². The third-order valence-corrected chi connectivity index (χ3v) is 5.98. The van der Waals surface area contributed by atoms with Crippen LogP contribution < -0.4 is 10.6 Å². The maximum absolute atomic E-state index is 12.0. The van der Waals surface area contributed by atoms with Crippen LogP contribution in [-0.2, 0) is 19.1 Å². The number of ether oxygens (including phenoxy) is 1. The zero-order chi connectivity index (χ0) is 22.3. The molecule has 2 rings (SSSR count). The van der Waals surface area contributed by atoms with Crippen molar-refractivity contribution in [3.05, 3.63) is 56.5 Å². The number of nitrogens with one attached hydrogen (secondary N) is 2. The fourth-order valence-electron chi connectivity index (χ4n) is 2.72. The third kappa shape index (κ3) is 7.46. The van der Waals surface area contributed by atoms with Crippen LogP contribution in [0, 0.1) is 20.8 Å². The van der Waals surface area contributed by atoms with Crippen LogP contribution in [0.25, 0.3) is 0 Å². The lowest BCUT2D eigenvalue weighted by molar-refractivity contribution is -0.147. The van der Waals surface area contributed by atoms with Crippen molar-refractivity contribution < 1.29 is 19.1 Å². The van der Waals surface area contributed by atoms with Crippen molar-refractivity contribution in [3.63, 3.8) is 0 Å². The average molecular weight is 496 g/mol. The first-order valence-electron chi connectivity index (χ1n) is 9.44. The summed E-state index contributed by atoms with van der Waals surface area (Å²) in [4.78, 5) is 35.8. The number of amides is 2. The number of carbonyl (C=O) groups excluding carboxylic acids is 3. The topological polar surface area (TPSA) is 84.5 Å². The smallest absolute Gasteiger partial charge is 0.306 e.